The lowest BCUT2D eigenvalue weighted by atomic mass is 10.1. The van der Waals surface area contributed by atoms with Crippen molar-refractivity contribution in [3.05, 3.63) is 23.8 Å². The summed E-state index contributed by atoms with van der Waals surface area (Å²) >= 11 is 0. The Morgan fingerprint density at radius 2 is 2.06 bits per heavy atom. The minimum absolute atomic E-state index is 0.110. The van der Waals surface area contributed by atoms with Crippen molar-refractivity contribution in [3.8, 4) is 0 Å². The van der Waals surface area contributed by atoms with Crippen LogP contribution < -0.4 is 11.1 Å². The zero-order chi connectivity index (χ0) is 11.7. The quantitative estimate of drug-likeness (QED) is 0.760. The van der Waals surface area contributed by atoms with E-state index in [4.69, 9.17) is 5.73 Å². The van der Waals surface area contributed by atoms with Gasteiger partial charge in [-0.3, -0.25) is 0 Å². The van der Waals surface area contributed by atoms with Gasteiger partial charge in [-0.15, -0.1) is 0 Å². The maximum atomic E-state index is 13.5. The largest absolute Gasteiger partial charge is 0.397 e. The highest BCUT2D eigenvalue weighted by Crippen LogP contribution is 2.31. The number of nitrogens with one attached hydrogen (secondary N) is 1. The van der Waals surface area contributed by atoms with Crippen molar-refractivity contribution in [2.45, 2.75) is 32.2 Å². The van der Waals surface area contributed by atoms with Gasteiger partial charge >= 0.3 is 0 Å². The topological polar surface area (TPSA) is 38.0 Å². The summed E-state index contributed by atoms with van der Waals surface area (Å²) in [6, 6.07) is 2.64. The van der Waals surface area contributed by atoms with Gasteiger partial charge in [-0.2, -0.15) is 0 Å². The zero-order valence-corrected chi connectivity index (χ0v) is 9.26. The van der Waals surface area contributed by atoms with Gasteiger partial charge < -0.3 is 11.1 Å². The Labute approximate surface area is 93.8 Å². The minimum atomic E-state index is -0.875. The molecule has 88 valence electrons. The Kier molecular flexibility index (Phi) is 2.99. The van der Waals surface area contributed by atoms with Gasteiger partial charge in [-0.1, -0.05) is 6.92 Å². The number of rotatable bonds is 2. The van der Waals surface area contributed by atoms with Crippen molar-refractivity contribution in [3.63, 3.8) is 0 Å². The van der Waals surface area contributed by atoms with E-state index in [9.17, 15) is 8.78 Å². The number of hydrogen-bond donors (Lipinski definition) is 2. The standard InChI is InChI=1S/C12H16F2N2/c1-7-2-3-8(6-7)16-12-10(15)5-4-9(13)11(12)14/h4-5,7-8,16H,2-3,6,15H2,1H3. The molecule has 2 unspecified atom stereocenters. The fourth-order valence-corrected chi connectivity index (χ4v) is 2.25. The van der Waals surface area contributed by atoms with Gasteiger partial charge in [0.2, 0.25) is 0 Å². The van der Waals surface area contributed by atoms with Crippen molar-refractivity contribution in [1.82, 2.24) is 0 Å². The Bertz CT molecular complexity index is 393. The first kappa shape index (κ1) is 11.2. The highest BCUT2D eigenvalue weighted by atomic mass is 19.2. The SMILES string of the molecule is CC1CCC(Nc2c(N)ccc(F)c2F)C1. The molecule has 0 radical (unpaired) electrons. The van der Waals surface area contributed by atoms with E-state index < -0.39 is 11.6 Å². The van der Waals surface area contributed by atoms with Crippen molar-refractivity contribution in [2.24, 2.45) is 5.92 Å². The van der Waals surface area contributed by atoms with E-state index in [2.05, 4.69) is 12.2 Å². The first-order chi connectivity index (χ1) is 7.58. The van der Waals surface area contributed by atoms with Gasteiger partial charge in [-0.05, 0) is 37.3 Å². The van der Waals surface area contributed by atoms with E-state index in [-0.39, 0.29) is 17.4 Å². The molecule has 0 saturated heterocycles. The predicted molar refractivity (Wildman–Crippen MR) is 61.2 cm³/mol. The minimum Gasteiger partial charge on any atom is -0.397 e. The smallest absolute Gasteiger partial charge is 0.183 e. The summed E-state index contributed by atoms with van der Waals surface area (Å²) in [5, 5.41) is 3.01. The molecule has 1 fully saturated rings. The molecular weight excluding hydrogens is 210 g/mol. The van der Waals surface area contributed by atoms with E-state index >= 15 is 0 Å². The van der Waals surface area contributed by atoms with E-state index in [0.717, 1.165) is 25.3 Å². The Balaban J connectivity index is 2.18. The molecule has 0 heterocycles. The number of nitrogen functional groups attached to an aromatic ring is 1. The number of anilines is 2. The average Bonchev–Trinajstić information content (AvgIpc) is 2.65. The number of halogens is 2. The van der Waals surface area contributed by atoms with Gasteiger partial charge in [-0.25, -0.2) is 8.78 Å². The molecule has 1 aliphatic carbocycles. The Morgan fingerprint density at radius 3 is 2.69 bits per heavy atom. The Morgan fingerprint density at radius 1 is 1.31 bits per heavy atom. The second kappa shape index (κ2) is 4.28. The maximum Gasteiger partial charge on any atom is 0.183 e. The molecular formula is C12H16F2N2. The molecule has 0 bridgehead atoms. The lowest BCUT2D eigenvalue weighted by molar-refractivity contribution is 0.509. The fraction of sp³-hybridized carbons (Fsp3) is 0.500. The van der Waals surface area contributed by atoms with Crippen LogP contribution in [0.5, 0.6) is 0 Å². The lowest BCUT2D eigenvalue weighted by Crippen LogP contribution is -2.18. The van der Waals surface area contributed by atoms with Crippen LogP contribution in [0.3, 0.4) is 0 Å². The van der Waals surface area contributed by atoms with Crippen LogP contribution in [0.4, 0.5) is 20.2 Å². The van der Waals surface area contributed by atoms with Crippen LogP contribution in [0.25, 0.3) is 0 Å². The molecule has 2 atom stereocenters. The normalized spacial score (nSPS) is 24.7. The molecule has 2 nitrogen and oxygen atoms in total. The summed E-state index contributed by atoms with van der Waals surface area (Å²) in [5.41, 5.74) is 6.01. The lowest BCUT2D eigenvalue weighted by Gasteiger charge is -2.16. The maximum absolute atomic E-state index is 13.5. The zero-order valence-electron chi connectivity index (χ0n) is 9.26. The van der Waals surface area contributed by atoms with Crippen LogP contribution in [-0.4, -0.2) is 6.04 Å². The number of nitrogens with two attached hydrogens (primary N) is 1. The van der Waals surface area contributed by atoms with Crippen LogP contribution in [0.2, 0.25) is 0 Å². The number of hydrogen-bond acceptors (Lipinski definition) is 2. The van der Waals surface area contributed by atoms with Crippen molar-refractivity contribution < 1.29 is 8.78 Å². The molecule has 1 aromatic rings. The third kappa shape index (κ3) is 2.10. The van der Waals surface area contributed by atoms with Crippen molar-refractivity contribution >= 4 is 11.4 Å². The molecule has 2 rings (SSSR count). The van der Waals surface area contributed by atoms with Crippen LogP contribution in [0.15, 0.2) is 12.1 Å². The first-order valence-corrected chi connectivity index (χ1v) is 5.58. The van der Waals surface area contributed by atoms with Gasteiger partial charge in [0.05, 0.1) is 11.4 Å². The molecule has 4 heteroatoms. The molecule has 1 aromatic carbocycles. The van der Waals surface area contributed by atoms with Crippen LogP contribution in [-0.2, 0) is 0 Å². The van der Waals surface area contributed by atoms with Gasteiger partial charge in [0, 0.05) is 6.04 Å². The summed E-state index contributed by atoms with van der Waals surface area (Å²) < 4.78 is 26.5. The summed E-state index contributed by atoms with van der Waals surface area (Å²) in [6.45, 7) is 2.16. The van der Waals surface area contributed by atoms with Crippen molar-refractivity contribution in [1.29, 1.82) is 0 Å². The van der Waals surface area contributed by atoms with Crippen LogP contribution in [0, 0.1) is 17.6 Å². The second-order valence-corrected chi connectivity index (χ2v) is 4.59. The molecule has 1 aliphatic rings. The summed E-state index contributed by atoms with van der Waals surface area (Å²) in [7, 11) is 0. The first-order valence-electron chi connectivity index (χ1n) is 5.58. The van der Waals surface area contributed by atoms with Gasteiger partial charge in [0.1, 0.15) is 0 Å². The summed E-state index contributed by atoms with van der Waals surface area (Å²) in [6.07, 6.45) is 3.08. The van der Waals surface area contributed by atoms with Crippen LogP contribution in [0.1, 0.15) is 26.2 Å². The van der Waals surface area contributed by atoms with Crippen LogP contribution >= 0.6 is 0 Å². The molecule has 16 heavy (non-hydrogen) atoms. The third-order valence-electron chi connectivity index (χ3n) is 3.17. The summed E-state index contributed by atoms with van der Waals surface area (Å²) in [5.74, 6) is -1.10. The van der Waals surface area contributed by atoms with Gasteiger partial charge in [0.25, 0.3) is 0 Å². The summed E-state index contributed by atoms with van der Waals surface area (Å²) in [4.78, 5) is 0. The number of benzene rings is 1. The molecule has 0 amide bonds. The van der Waals surface area contributed by atoms with E-state index in [1.54, 1.807) is 0 Å². The monoisotopic (exact) mass is 226 g/mol. The van der Waals surface area contributed by atoms with E-state index in [0.29, 0.717) is 5.92 Å². The molecule has 0 aliphatic heterocycles. The molecule has 0 spiro atoms. The van der Waals surface area contributed by atoms with Gasteiger partial charge in [0.15, 0.2) is 11.6 Å². The molecule has 1 saturated carbocycles. The molecule has 0 aromatic heterocycles. The van der Waals surface area contributed by atoms with E-state index in [1.807, 2.05) is 0 Å². The average molecular weight is 226 g/mol. The molecule has 3 N–H and O–H groups in total. The third-order valence-corrected chi connectivity index (χ3v) is 3.17. The second-order valence-electron chi connectivity index (χ2n) is 4.59. The van der Waals surface area contributed by atoms with E-state index in [1.165, 1.54) is 6.07 Å². The highest BCUT2D eigenvalue weighted by molar-refractivity contribution is 5.67. The van der Waals surface area contributed by atoms with Crippen molar-refractivity contribution in [2.75, 3.05) is 11.1 Å². The highest BCUT2D eigenvalue weighted by Gasteiger charge is 2.23. The Hall–Kier alpha value is -1.32. The predicted octanol–water partition coefficient (Wildman–Crippen LogP) is 3.15. The fourth-order valence-electron chi connectivity index (χ4n) is 2.25.